The van der Waals surface area contributed by atoms with Gasteiger partial charge in [0.1, 0.15) is 11.5 Å². The molecule has 1 N–H and O–H groups in total. The highest BCUT2D eigenvalue weighted by atomic mass is 16.3. The summed E-state index contributed by atoms with van der Waals surface area (Å²) in [5.74, 6) is 2.73. The molecule has 7 heteroatoms. The predicted molar refractivity (Wildman–Crippen MR) is 127 cm³/mol. The van der Waals surface area contributed by atoms with E-state index in [1.807, 2.05) is 44.0 Å². The number of hydrogen-bond donors (Lipinski definition) is 1. The predicted octanol–water partition coefficient (Wildman–Crippen LogP) is 5.03. The van der Waals surface area contributed by atoms with Crippen molar-refractivity contribution in [1.82, 2.24) is 19.9 Å². The quantitative estimate of drug-likeness (QED) is 0.606. The second-order valence-corrected chi connectivity index (χ2v) is 9.30. The molecule has 0 unspecified atom stereocenters. The van der Waals surface area contributed by atoms with Crippen LogP contribution in [-0.2, 0) is 12.8 Å². The van der Waals surface area contributed by atoms with Gasteiger partial charge in [-0.1, -0.05) is 0 Å². The van der Waals surface area contributed by atoms with E-state index >= 15 is 0 Å². The van der Waals surface area contributed by atoms with Crippen molar-refractivity contribution >= 4 is 17.5 Å². The number of nitrogens with zero attached hydrogens (tertiary/aromatic N) is 4. The fraction of sp³-hybridized carbons (Fsp3) is 0.462. The lowest BCUT2D eigenvalue weighted by atomic mass is 9.91. The van der Waals surface area contributed by atoms with Crippen LogP contribution in [0.4, 0.5) is 11.6 Å². The van der Waals surface area contributed by atoms with Gasteiger partial charge >= 0.3 is 0 Å². The number of furan rings is 1. The number of hydrogen-bond acceptors (Lipinski definition) is 6. The molecule has 1 amide bonds. The second kappa shape index (κ2) is 8.96. The Morgan fingerprint density at radius 3 is 2.64 bits per heavy atom. The van der Waals surface area contributed by atoms with Crippen LogP contribution in [0, 0.1) is 20.8 Å². The zero-order valence-electron chi connectivity index (χ0n) is 19.6. The number of carbonyl (C=O) groups is 1. The Balaban J connectivity index is 1.29. The Hall–Kier alpha value is -3.22. The molecule has 1 saturated heterocycles. The molecular formula is C26H31N5O2. The molecule has 1 atom stereocenters. The summed E-state index contributed by atoms with van der Waals surface area (Å²) < 4.78 is 5.96. The number of anilines is 2. The molecule has 33 heavy (non-hydrogen) atoms. The van der Waals surface area contributed by atoms with E-state index in [-0.39, 0.29) is 11.8 Å². The van der Waals surface area contributed by atoms with Crippen LogP contribution < -0.4 is 5.32 Å². The summed E-state index contributed by atoms with van der Waals surface area (Å²) >= 11 is 0. The van der Waals surface area contributed by atoms with Gasteiger partial charge in [0.05, 0.1) is 17.4 Å². The maximum absolute atomic E-state index is 13.5. The van der Waals surface area contributed by atoms with Gasteiger partial charge in [0.15, 0.2) is 0 Å². The number of piperidine rings is 1. The van der Waals surface area contributed by atoms with E-state index in [4.69, 9.17) is 9.40 Å². The molecule has 4 heterocycles. The van der Waals surface area contributed by atoms with Gasteiger partial charge in [-0.25, -0.2) is 9.97 Å². The number of aromatic nitrogens is 3. The van der Waals surface area contributed by atoms with E-state index in [1.165, 1.54) is 0 Å². The summed E-state index contributed by atoms with van der Waals surface area (Å²) in [6.07, 6.45) is 8.01. The number of likely N-dealkylation sites (tertiary alicyclic amines) is 1. The third kappa shape index (κ3) is 4.49. The SMILES string of the molecule is Cc1cc(C)nc(Nc2ccc([C@@H]3CCCN(C(=O)c4c(C)oc5c4CCCC5)C3)nc2)n1. The smallest absolute Gasteiger partial charge is 0.257 e. The van der Waals surface area contributed by atoms with Crippen molar-refractivity contribution in [3.8, 4) is 0 Å². The highest BCUT2D eigenvalue weighted by Crippen LogP contribution is 2.33. The van der Waals surface area contributed by atoms with Gasteiger partial charge in [-0.2, -0.15) is 0 Å². The van der Waals surface area contributed by atoms with Crippen LogP contribution in [0.15, 0.2) is 28.8 Å². The average molecular weight is 446 g/mol. The molecular weight excluding hydrogens is 414 g/mol. The van der Waals surface area contributed by atoms with Gasteiger partial charge < -0.3 is 14.6 Å². The Bertz CT molecular complexity index is 1150. The third-order valence-corrected chi connectivity index (χ3v) is 6.71. The minimum atomic E-state index is 0.120. The number of pyridine rings is 1. The van der Waals surface area contributed by atoms with Gasteiger partial charge in [0, 0.05) is 48.1 Å². The van der Waals surface area contributed by atoms with E-state index in [2.05, 4.69) is 21.4 Å². The number of carbonyl (C=O) groups excluding carboxylic acids is 1. The second-order valence-electron chi connectivity index (χ2n) is 9.30. The summed E-state index contributed by atoms with van der Waals surface area (Å²) in [6.45, 7) is 7.33. The average Bonchev–Trinajstić information content (AvgIpc) is 3.14. The lowest BCUT2D eigenvalue weighted by Crippen LogP contribution is -2.39. The fourth-order valence-corrected chi connectivity index (χ4v) is 5.18. The standard InChI is InChI=1S/C26H31N5O2/c1-16-13-17(2)29-26(28-16)30-20-10-11-22(27-14-20)19-7-6-12-31(15-19)25(32)24-18(3)33-23-9-5-4-8-21(23)24/h10-11,13-14,19H,4-9,12,15H2,1-3H3,(H,28,29,30)/t19-/m1/s1. The van der Waals surface area contributed by atoms with Crippen LogP contribution in [0.25, 0.3) is 0 Å². The molecule has 0 saturated carbocycles. The van der Waals surface area contributed by atoms with Gasteiger partial charge in [0.2, 0.25) is 5.95 Å². The highest BCUT2D eigenvalue weighted by molar-refractivity contribution is 5.97. The van der Waals surface area contributed by atoms with Crippen molar-refractivity contribution in [1.29, 1.82) is 0 Å². The summed E-state index contributed by atoms with van der Waals surface area (Å²) in [7, 11) is 0. The van der Waals surface area contributed by atoms with Gasteiger partial charge in [-0.3, -0.25) is 9.78 Å². The first-order chi connectivity index (χ1) is 16.0. The van der Waals surface area contributed by atoms with Crippen molar-refractivity contribution in [2.75, 3.05) is 18.4 Å². The minimum Gasteiger partial charge on any atom is -0.465 e. The zero-order chi connectivity index (χ0) is 22.9. The lowest BCUT2D eigenvalue weighted by Gasteiger charge is -2.33. The van der Waals surface area contributed by atoms with Crippen molar-refractivity contribution in [3.63, 3.8) is 0 Å². The first kappa shape index (κ1) is 21.6. The monoisotopic (exact) mass is 445 g/mol. The molecule has 7 nitrogen and oxygen atoms in total. The van der Waals surface area contributed by atoms with Gasteiger partial charge in [-0.15, -0.1) is 0 Å². The molecule has 1 aliphatic carbocycles. The number of rotatable bonds is 4. The molecule has 1 fully saturated rings. The van der Waals surface area contributed by atoms with Crippen LogP contribution in [0.3, 0.4) is 0 Å². The van der Waals surface area contributed by atoms with Crippen LogP contribution in [0.2, 0.25) is 0 Å². The van der Waals surface area contributed by atoms with Crippen LogP contribution >= 0.6 is 0 Å². The summed E-state index contributed by atoms with van der Waals surface area (Å²) in [4.78, 5) is 29.0. The summed E-state index contributed by atoms with van der Waals surface area (Å²) in [6, 6.07) is 6.01. The fourth-order valence-electron chi connectivity index (χ4n) is 5.18. The molecule has 0 spiro atoms. The first-order valence-corrected chi connectivity index (χ1v) is 11.9. The Morgan fingerprint density at radius 2 is 1.88 bits per heavy atom. The van der Waals surface area contributed by atoms with E-state index in [9.17, 15) is 4.79 Å². The molecule has 5 rings (SSSR count). The van der Waals surface area contributed by atoms with Crippen molar-refractivity contribution < 1.29 is 9.21 Å². The topological polar surface area (TPSA) is 84.2 Å². The van der Waals surface area contributed by atoms with Gasteiger partial charge in [0.25, 0.3) is 5.91 Å². The molecule has 172 valence electrons. The first-order valence-electron chi connectivity index (χ1n) is 11.9. The van der Waals surface area contributed by atoms with Crippen molar-refractivity contribution in [2.45, 2.75) is 65.2 Å². The van der Waals surface area contributed by atoms with E-state index in [0.29, 0.717) is 12.5 Å². The Labute approximate surface area is 194 Å². The molecule has 2 aliphatic rings. The third-order valence-electron chi connectivity index (χ3n) is 6.71. The summed E-state index contributed by atoms with van der Waals surface area (Å²) in [5, 5.41) is 3.24. The number of amides is 1. The molecule has 0 radical (unpaired) electrons. The van der Waals surface area contributed by atoms with Crippen LogP contribution in [0.1, 0.15) is 76.1 Å². The number of nitrogens with one attached hydrogen (secondary N) is 1. The molecule has 0 aromatic carbocycles. The molecule has 3 aromatic heterocycles. The summed E-state index contributed by atoms with van der Waals surface area (Å²) in [5.41, 5.74) is 5.68. The minimum absolute atomic E-state index is 0.120. The van der Waals surface area contributed by atoms with E-state index in [0.717, 1.165) is 90.5 Å². The largest absolute Gasteiger partial charge is 0.465 e. The van der Waals surface area contributed by atoms with Crippen molar-refractivity contribution in [2.24, 2.45) is 0 Å². The van der Waals surface area contributed by atoms with Crippen LogP contribution in [0.5, 0.6) is 0 Å². The van der Waals surface area contributed by atoms with Crippen molar-refractivity contribution in [3.05, 3.63) is 64.1 Å². The maximum Gasteiger partial charge on any atom is 0.257 e. The lowest BCUT2D eigenvalue weighted by molar-refractivity contribution is 0.0703. The Morgan fingerprint density at radius 1 is 1.09 bits per heavy atom. The molecule has 3 aromatic rings. The zero-order valence-corrected chi connectivity index (χ0v) is 19.6. The number of aryl methyl sites for hydroxylation is 4. The van der Waals surface area contributed by atoms with Crippen LogP contribution in [-0.4, -0.2) is 38.8 Å². The normalized spacial score (nSPS) is 18.2. The van der Waals surface area contributed by atoms with E-state index in [1.54, 1.807) is 0 Å². The van der Waals surface area contributed by atoms with Gasteiger partial charge in [-0.05, 0) is 71.1 Å². The Kier molecular flexibility index (Phi) is 5.87. The highest BCUT2D eigenvalue weighted by Gasteiger charge is 2.31. The van der Waals surface area contributed by atoms with E-state index < -0.39 is 0 Å². The maximum atomic E-state index is 13.5. The molecule has 0 bridgehead atoms. The number of fused-ring (bicyclic) bond motifs is 1. The molecule has 1 aliphatic heterocycles.